The molecule has 0 unspecified atom stereocenters. The Bertz CT molecular complexity index is 856. The van der Waals surface area contributed by atoms with Crippen molar-refractivity contribution in [1.29, 1.82) is 0 Å². The zero-order valence-corrected chi connectivity index (χ0v) is 15.7. The second kappa shape index (κ2) is 6.80. The molecular formula is C18H15IN2OS. The van der Waals surface area contributed by atoms with Crippen LogP contribution in [-0.4, -0.2) is 10.9 Å². The molecule has 0 bridgehead atoms. The fraction of sp³-hybridized carbons (Fsp3) is 0.111. The van der Waals surface area contributed by atoms with Gasteiger partial charge in [0, 0.05) is 20.1 Å². The van der Waals surface area contributed by atoms with E-state index in [0.29, 0.717) is 10.7 Å². The number of rotatable bonds is 3. The van der Waals surface area contributed by atoms with Gasteiger partial charge in [0.25, 0.3) is 5.91 Å². The molecule has 0 atom stereocenters. The van der Waals surface area contributed by atoms with Crippen LogP contribution in [-0.2, 0) is 0 Å². The number of halogens is 1. The summed E-state index contributed by atoms with van der Waals surface area (Å²) >= 11 is 3.65. The van der Waals surface area contributed by atoms with Gasteiger partial charge in [0.1, 0.15) is 0 Å². The van der Waals surface area contributed by atoms with Gasteiger partial charge in [-0.05, 0) is 77.9 Å². The van der Waals surface area contributed by atoms with Crippen molar-refractivity contribution in [2.45, 2.75) is 13.8 Å². The predicted octanol–water partition coefficient (Wildman–Crippen LogP) is 5.28. The zero-order valence-electron chi connectivity index (χ0n) is 12.8. The summed E-state index contributed by atoms with van der Waals surface area (Å²) in [5, 5.41) is 5.44. The van der Waals surface area contributed by atoms with Crippen molar-refractivity contribution < 1.29 is 4.79 Å². The van der Waals surface area contributed by atoms with Gasteiger partial charge >= 0.3 is 0 Å². The van der Waals surface area contributed by atoms with Crippen molar-refractivity contribution in [3.63, 3.8) is 0 Å². The second-order valence-electron chi connectivity index (χ2n) is 5.30. The standard InChI is InChI=1S/C18H15IN2OS/c1-11-3-4-14(9-12(11)2)16-10-23-18(20-16)21-17(22)13-5-7-15(19)8-6-13/h3-10H,1-2H3,(H,20,21,22). The first-order valence-electron chi connectivity index (χ1n) is 7.13. The molecule has 0 radical (unpaired) electrons. The van der Waals surface area contributed by atoms with Gasteiger partial charge in [-0.15, -0.1) is 11.3 Å². The molecule has 0 spiro atoms. The third kappa shape index (κ3) is 3.79. The molecule has 0 aliphatic carbocycles. The lowest BCUT2D eigenvalue weighted by Gasteiger charge is -2.03. The van der Waals surface area contributed by atoms with Gasteiger partial charge in [0.05, 0.1) is 5.69 Å². The van der Waals surface area contributed by atoms with E-state index in [1.807, 2.05) is 29.6 Å². The number of aromatic nitrogens is 1. The molecule has 0 aliphatic heterocycles. The van der Waals surface area contributed by atoms with Crippen LogP contribution in [0.1, 0.15) is 21.5 Å². The van der Waals surface area contributed by atoms with Gasteiger partial charge in [-0.25, -0.2) is 4.98 Å². The summed E-state index contributed by atoms with van der Waals surface area (Å²) in [5.74, 6) is -0.137. The minimum absolute atomic E-state index is 0.137. The molecule has 0 saturated carbocycles. The maximum atomic E-state index is 12.2. The largest absolute Gasteiger partial charge is 0.298 e. The number of amides is 1. The van der Waals surface area contributed by atoms with E-state index in [-0.39, 0.29) is 5.91 Å². The minimum Gasteiger partial charge on any atom is -0.298 e. The Labute approximate surface area is 152 Å². The smallest absolute Gasteiger partial charge is 0.257 e. The number of aryl methyl sites for hydroxylation is 2. The van der Waals surface area contributed by atoms with Crippen molar-refractivity contribution in [2.75, 3.05) is 5.32 Å². The Balaban J connectivity index is 1.77. The number of nitrogens with zero attached hydrogens (tertiary/aromatic N) is 1. The highest BCUT2D eigenvalue weighted by Crippen LogP contribution is 2.26. The second-order valence-corrected chi connectivity index (χ2v) is 7.40. The SMILES string of the molecule is Cc1ccc(-c2csc(NC(=O)c3ccc(I)cc3)n2)cc1C. The Kier molecular flexibility index (Phi) is 4.77. The fourth-order valence-electron chi connectivity index (χ4n) is 2.14. The molecule has 116 valence electrons. The van der Waals surface area contributed by atoms with Crippen molar-refractivity contribution in [1.82, 2.24) is 4.98 Å². The lowest BCUT2D eigenvalue weighted by atomic mass is 10.1. The topological polar surface area (TPSA) is 42.0 Å². The molecular weight excluding hydrogens is 419 g/mol. The monoisotopic (exact) mass is 434 g/mol. The highest BCUT2D eigenvalue weighted by molar-refractivity contribution is 14.1. The van der Waals surface area contributed by atoms with Crippen LogP contribution in [0.15, 0.2) is 47.8 Å². The number of carbonyl (C=O) groups is 1. The molecule has 2 aromatic carbocycles. The van der Waals surface area contributed by atoms with Crippen LogP contribution in [0.4, 0.5) is 5.13 Å². The third-order valence-corrected chi connectivity index (χ3v) is 5.11. The summed E-state index contributed by atoms with van der Waals surface area (Å²) < 4.78 is 1.10. The highest BCUT2D eigenvalue weighted by Gasteiger charge is 2.10. The molecule has 0 fully saturated rings. The van der Waals surface area contributed by atoms with Crippen LogP contribution in [0.25, 0.3) is 11.3 Å². The van der Waals surface area contributed by atoms with Crippen LogP contribution in [0.3, 0.4) is 0 Å². The van der Waals surface area contributed by atoms with E-state index in [2.05, 4.69) is 64.9 Å². The molecule has 1 heterocycles. The summed E-state index contributed by atoms with van der Waals surface area (Å²) in [5.41, 5.74) is 5.08. The number of carbonyl (C=O) groups excluding carboxylic acids is 1. The zero-order chi connectivity index (χ0) is 16.4. The summed E-state index contributed by atoms with van der Waals surface area (Å²) in [6.07, 6.45) is 0. The van der Waals surface area contributed by atoms with E-state index in [0.717, 1.165) is 14.8 Å². The molecule has 3 aromatic rings. The number of nitrogens with one attached hydrogen (secondary N) is 1. The molecule has 3 nitrogen and oxygen atoms in total. The Morgan fingerprint density at radius 2 is 1.83 bits per heavy atom. The predicted molar refractivity (Wildman–Crippen MR) is 104 cm³/mol. The number of thiazole rings is 1. The summed E-state index contributed by atoms with van der Waals surface area (Å²) in [6.45, 7) is 4.18. The maximum Gasteiger partial charge on any atom is 0.257 e. The molecule has 5 heteroatoms. The van der Waals surface area contributed by atoms with E-state index in [1.54, 1.807) is 0 Å². The van der Waals surface area contributed by atoms with Gasteiger partial charge in [-0.2, -0.15) is 0 Å². The average molecular weight is 434 g/mol. The first kappa shape index (κ1) is 16.1. The Morgan fingerprint density at radius 3 is 2.52 bits per heavy atom. The van der Waals surface area contributed by atoms with E-state index in [1.165, 1.54) is 22.5 Å². The van der Waals surface area contributed by atoms with Crippen molar-refractivity contribution in [3.05, 3.63) is 68.1 Å². The van der Waals surface area contributed by atoms with E-state index in [4.69, 9.17) is 0 Å². The van der Waals surface area contributed by atoms with Crippen LogP contribution in [0, 0.1) is 17.4 Å². The summed E-state index contributed by atoms with van der Waals surface area (Å²) in [7, 11) is 0. The Hall–Kier alpha value is -1.73. The number of hydrogen-bond donors (Lipinski definition) is 1. The minimum atomic E-state index is -0.137. The first-order valence-corrected chi connectivity index (χ1v) is 9.09. The number of hydrogen-bond acceptors (Lipinski definition) is 3. The number of benzene rings is 2. The maximum absolute atomic E-state index is 12.2. The lowest BCUT2D eigenvalue weighted by molar-refractivity contribution is 0.102. The van der Waals surface area contributed by atoms with Crippen LogP contribution >= 0.6 is 33.9 Å². The van der Waals surface area contributed by atoms with Crippen LogP contribution in [0.5, 0.6) is 0 Å². The van der Waals surface area contributed by atoms with Crippen molar-refractivity contribution in [2.24, 2.45) is 0 Å². The van der Waals surface area contributed by atoms with Gasteiger partial charge in [-0.3, -0.25) is 10.1 Å². The van der Waals surface area contributed by atoms with Crippen LogP contribution in [0.2, 0.25) is 0 Å². The van der Waals surface area contributed by atoms with E-state index < -0.39 is 0 Å². The molecule has 23 heavy (non-hydrogen) atoms. The first-order chi connectivity index (χ1) is 11.0. The highest BCUT2D eigenvalue weighted by atomic mass is 127. The summed E-state index contributed by atoms with van der Waals surface area (Å²) in [6, 6.07) is 13.7. The van der Waals surface area contributed by atoms with Gasteiger partial charge in [-0.1, -0.05) is 12.1 Å². The molecule has 0 saturated heterocycles. The van der Waals surface area contributed by atoms with Crippen molar-refractivity contribution in [3.8, 4) is 11.3 Å². The molecule has 1 N–H and O–H groups in total. The average Bonchev–Trinajstić information content (AvgIpc) is 2.99. The van der Waals surface area contributed by atoms with Gasteiger partial charge in [0.15, 0.2) is 5.13 Å². The Morgan fingerprint density at radius 1 is 1.09 bits per heavy atom. The van der Waals surface area contributed by atoms with E-state index >= 15 is 0 Å². The van der Waals surface area contributed by atoms with Crippen LogP contribution < -0.4 is 5.32 Å². The quantitative estimate of drug-likeness (QED) is 0.570. The third-order valence-electron chi connectivity index (χ3n) is 3.63. The van der Waals surface area contributed by atoms with E-state index in [9.17, 15) is 4.79 Å². The molecule has 3 rings (SSSR count). The number of anilines is 1. The molecule has 0 aliphatic rings. The lowest BCUT2D eigenvalue weighted by Crippen LogP contribution is -2.11. The normalized spacial score (nSPS) is 10.6. The fourth-order valence-corrected chi connectivity index (χ4v) is 3.21. The van der Waals surface area contributed by atoms with Gasteiger partial charge in [0.2, 0.25) is 0 Å². The van der Waals surface area contributed by atoms with Gasteiger partial charge < -0.3 is 0 Å². The molecule has 1 amide bonds. The molecule has 1 aromatic heterocycles. The summed E-state index contributed by atoms with van der Waals surface area (Å²) in [4.78, 5) is 16.7. The van der Waals surface area contributed by atoms with Crippen molar-refractivity contribution >= 4 is 45.0 Å².